The molecule has 0 aromatic heterocycles. The number of ether oxygens (including phenoxy) is 2. The minimum absolute atomic E-state index is 0.0937. The predicted molar refractivity (Wildman–Crippen MR) is 87.1 cm³/mol. The minimum atomic E-state index is -0.237. The van der Waals surface area contributed by atoms with E-state index in [9.17, 15) is 9.59 Å². The Balaban J connectivity index is 2.31. The summed E-state index contributed by atoms with van der Waals surface area (Å²) in [5.41, 5.74) is 0.785. The first kappa shape index (κ1) is 16.4. The lowest BCUT2D eigenvalue weighted by atomic mass is 10.1. The zero-order chi connectivity index (χ0) is 16.3. The normalized spacial score (nSPS) is 18.0. The number of carbonyl (C=O) groups is 2. The van der Waals surface area contributed by atoms with E-state index < -0.39 is 0 Å². The van der Waals surface area contributed by atoms with E-state index in [1.54, 1.807) is 32.4 Å². The predicted octanol–water partition coefficient (Wildman–Crippen LogP) is 3.54. The van der Waals surface area contributed by atoms with Gasteiger partial charge in [-0.15, -0.1) is 0 Å². The Hall–Kier alpha value is -1.95. The van der Waals surface area contributed by atoms with Gasteiger partial charge in [0, 0.05) is 6.04 Å². The van der Waals surface area contributed by atoms with Crippen LogP contribution in [0.25, 0.3) is 6.08 Å². The average Bonchev–Trinajstić information content (AvgIpc) is 2.80. The summed E-state index contributed by atoms with van der Waals surface area (Å²) in [7, 11) is 3.12. The Bertz CT molecular complexity index is 627. The highest BCUT2D eigenvalue weighted by Gasteiger charge is 2.37. The summed E-state index contributed by atoms with van der Waals surface area (Å²) in [5, 5.41) is -0.217. The largest absolute Gasteiger partial charge is 0.493 e. The fourth-order valence-corrected chi connectivity index (χ4v) is 3.07. The molecule has 0 spiro atoms. The van der Waals surface area contributed by atoms with E-state index in [-0.39, 0.29) is 17.2 Å². The Morgan fingerprint density at radius 1 is 1.23 bits per heavy atom. The summed E-state index contributed by atoms with van der Waals surface area (Å²) in [6.45, 7) is 3.82. The summed E-state index contributed by atoms with van der Waals surface area (Å²) in [6.07, 6.45) is 2.44. The summed E-state index contributed by atoms with van der Waals surface area (Å²) in [5.74, 6) is 0.962. The lowest BCUT2D eigenvalue weighted by Gasteiger charge is -2.19. The second-order valence-corrected chi connectivity index (χ2v) is 5.92. The molecule has 6 heteroatoms. The molecule has 118 valence electrons. The molecule has 2 rings (SSSR count). The number of methoxy groups -OCH3 is 2. The second-order valence-electron chi connectivity index (χ2n) is 4.92. The van der Waals surface area contributed by atoms with Gasteiger partial charge in [0.25, 0.3) is 11.1 Å². The molecular weight excluding hydrogens is 302 g/mol. The van der Waals surface area contributed by atoms with Gasteiger partial charge in [-0.05, 0) is 48.9 Å². The number of hydrogen-bond donors (Lipinski definition) is 0. The van der Waals surface area contributed by atoms with E-state index in [0.717, 1.165) is 23.7 Å². The summed E-state index contributed by atoms with van der Waals surface area (Å²) in [6, 6.07) is 5.27. The molecule has 1 aliphatic rings. The van der Waals surface area contributed by atoms with E-state index in [1.807, 2.05) is 19.9 Å². The van der Waals surface area contributed by atoms with Crippen molar-refractivity contribution in [1.29, 1.82) is 0 Å². The molecule has 1 aromatic rings. The highest BCUT2D eigenvalue weighted by Crippen LogP contribution is 2.35. The molecule has 1 aromatic carbocycles. The van der Waals surface area contributed by atoms with E-state index >= 15 is 0 Å². The molecule has 2 amide bonds. The number of rotatable bonds is 5. The van der Waals surface area contributed by atoms with Crippen molar-refractivity contribution in [1.82, 2.24) is 4.90 Å². The van der Waals surface area contributed by atoms with Crippen LogP contribution in [0.4, 0.5) is 4.79 Å². The lowest BCUT2D eigenvalue weighted by Crippen LogP contribution is -2.36. The maximum absolute atomic E-state index is 12.4. The average molecular weight is 321 g/mol. The standard InChI is InChI=1S/C16H19NO4S/c1-5-10(2)17-15(18)14(22-16(17)19)9-11-6-7-12(20-3)13(8-11)21-4/h6-10H,5H2,1-4H3/b14-9-/t10-/m1/s1. The zero-order valence-corrected chi connectivity index (χ0v) is 13.9. The molecule has 0 unspecified atom stereocenters. The molecule has 0 saturated carbocycles. The van der Waals surface area contributed by atoms with Crippen LogP contribution in [0.5, 0.6) is 11.5 Å². The first-order valence-electron chi connectivity index (χ1n) is 7.00. The molecule has 0 N–H and O–H groups in total. The van der Waals surface area contributed by atoms with Gasteiger partial charge >= 0.3 is 0 Å². The minimum Gasteiger partial charge on any atom is -0.493 e. The van der Waals surface area contributed by atoms with Gasteiger partial charge in [0.2, 0.25) is 0 Å². The van der Waals surface area contributed by atoms with E-state index in [1.165, 1.54) is 4.90 Å². The second kappa shape index (κ2) is 6.87. The Morgan fingerprint density at radius 3 is 2.50 bits per heavy atom. The van der Waals surface area contributed by atoms with Crippen LogP contribution >= 0.6 is 11.8 Å². The van der Waals surface area contributed by atoms with Crippen LogP contribution in [0.1, 0.15) is 25.8 Å². The van der Waals surface area contributed by atoms with E-state index in [2.05, 4.69) is 0 Å². The molecule has 0 bridgehead atoms. The molecular formula is C16H19NO4S. The Labute approximate surface area is 134 Å². The molecule has 0 radical (unpaired) electrons. The molecule has 1 heterocycles. The maximum Gasteiger partial charge on any atom is 0.293 e. The topological polar surface area (TPSA) is 55.8 Å². The van der Waals surface area contributed by atoms with Crippen molar-refractivity contribution in [2.75, 3.05) is 14.2 Å². The van der Waals surface area contributed by atoms with Crippen LogP contribution in [-0.2, 0) is 4.79 Å². The number of hydrogen-bond acceptors (Lipinski definition) is 5. The van der Waals surface area contributed by atoms with Crippen LogP contribution in [0, 0.1) is 0 Å². The fourth-order valence-electron chi connectivity index (χ4n) is 2.14. The van der Waals surface area contributed by atoms with Gasteiger partial charge in [-0.25, -0.2) is 0 Å². The quantitative estimate of drug-likeness (QED) is 0.776. The van der Waals surface area contributed by atoms with Crippen LogP contribution in [0.3, 0.4) is 0 Å². The van der Waals surface area contributed by atoms with Crippen LogP contribution in [0.2, 0.25) is 0 Å². The monoisotopic (exact) mass is 321 g/mol. The maximum atomic E-state index is 12.4. The number of imide groups is 1. The number of carbonyl (C=O) groups excluding carboxylic acids is 2. The van der Waals surface area contributed by atoms with Gasteiger partial charge < -0.3 is 9.47 Å². The van der Waals surface area contributed by atoms with Gasteiger partial charge in [-0.1, -0.05) is 13.0 Å². The highest BCUT2D eigenvalue weighted by molar-refractivity contribution is 8.18. The molecule has 22 heavy (non-hydrogen) atoms. The van der Waals surface area contributed by atoms with Crippen molar-refractivity contribution >= 4 is 29.0 Å². The third-order valence-electron chi connectivity index (χ3n) is 3.56. The number of benzene rings is 1. The highest BCUT2D eigenvalue weighted by atomic mass is 32.2. The molecule has 1 fully saturated rings. The van der Waals surface area contributed by atoms with E-state index in [0.29, 0.717) is 16.4 Å². The van der Waals surface area contributed by atoms with Crippen molar-refractivity contribution in [3.63, 3.8) is 0 Å². The number of nitrogens with zero attached hydrogens (tertiary/aromatic N) is 1. The molecule has 1 atom stereocenters. The zero-order valence-electron chi connectivity index (χ0n) is 13.1. The van der Waals surface area contributed by atoms with Crippen molar-refractivity contribution < 1.29 is 19.1 Å². The van der Waals surface area contributed by atoms with Gasteiger partial charge in [0.1, 0.15) is 0 Å². The van der Waals surface area contributed by atoms with Crippen molar-refractivity contribution in [3.05, 3.63) is 28.7 Å². The van der Waals surface area contributed by atoms with E-state index in [4.69, 9.17) is 9.47 Å². The lowest BCUT2D eigenvalue weighted by molar-refractivity contribution is -0.124. The fraction of sp³-hybridized carbons (Fsp3) is 0.375. The summed E-state index contributed by atoms with van der Waals surface area (Å²) >= 11 is 0.970. The SMILES string of the molecule is CC[C@@H](C)N1C(=O)S/C(=C\c2ccc(OC)c(OC)c2)C1=O. The first-order chi connectivity index (χ1) is 10.5. The van der Waals surface area contributed by atoms with Gasteiger partial charge in [-0.2, -0.15) is 0 Å². The third-order valence-corrected chi connectivity index (χ3v) is 4.44. The van der Waals surface area contributed by atoms with Gasteiger partial charge in [0.15, 0.2) is 11.5 Å². The smallest absolute Gasteiger partial charge is 0.293 e. The van der Waals surface area contributed by atoms with Crippen molar-refractivity contribution in [2.45, 2.75) is 26.3 Å². The van der Waals surface area contributed by atoms with Crippen molar-refractivity contribution in [3.8, 4) is 11.5 Å². The summed E-state index contributed by atoms with van der Waals surface area (Å²) < 4.78 is 10.4. The summed E-state index contributed by atoms with van der Waals surface area (Å²) in [4.78, 5) is 26.1. The molecule has 0 aliphatic carbocycles. The van der Waals surface area contributed by atoms with Crippen molar-refractivity contribution in [2.24, 2.45) is 0 Å². The Morgan fingerprint density at radius 2 is 1.91 bits per heavy atom. The number of thioether (sulfide) groups is 1. The van der Waals surface area contributed by atoms with Crippen LogP contribution in [0.15, 0.2) is 23.1 Å². The number of amides is 2. The third kappa shape index (κ3) is 3.11. The molecule has 1 aliphatic heterocycles. The van der Waals surface area contributed by atoms with Crippen LogP contribution < -0.4 is 9.47 Å². The molecule has 5 nitrogen and oxygen atoms in total. The van der Waals surface area contributed by atoms with Gasteiger partial charge in [0.05, 0.1) is 19.1 Å². The van der Waals surface area contributed by atoms with Crippen LogP contribution in [-0.4, -0.2) is 36.3 Å². The Kier molecular flexibility index (Phi) is 5.13. The first-order valence-corrected chi connectivity index (χ1v) is 7.82. The van der Waals surface area contributed by atoms with Gasteiger partial charge in [-0.3, -0.25) is 14.5 Å². The molecule has 1 saturated heterocycles.